The first-order valence-electron chi connectivity index (χ1n) is 11.2. The monoisotopic (exact) mass is 537 g/mol. The van der Waals surface area contributed by atoms with Crippen molar-refractivity contribution in [2.45, 2.75) is 6.92 Å². The molecular formula is C27H21ClFN3O6. The minimum atomic E-state index is -0.886. The molecule has 4 rings (SSSR count). The molecule has 0 atom stereocenters. The van der Waals surface area contributed by atoms with E-state index < -0.39 is 29.6 Å². The molecule has 1 aliphatic heterocycles. The maximum atomic E-state index is 13.2. The number of nitrogens with one attached hydrogen (secondary N) is 2. The van der Waals surface area contributed by atoms with E-state index in [1.54, 1.807) is 31.2 Å². The Morgan fingerprint density at radius 2 is 1.82 bits per heavy atom. The van der Waals surface area contributed by atoms with Crippen molar-refractivity contribution >= 4 is 52.8 Å². The Hall–Kier alpha value is -4.70. The molecule has 1 heterocycles. The lowest BCUT2D eigenvalue weighted by atomic mass is 10.1. The molecule has 3 aromatic carbocycles. The van der Waals surface area contributed by atoms with Gasteiger partial charge in [-0.2, -0.15) is 0 Å². The fraction of sp³-hybridized carbons (Fsp3) is 0.111. The average molecular weight is 538 g/mol. The molecule has 1 fully saturated rings. The lowest BCUT2D eigenvalue weighted by molar-refractivity contribution is -0.122. The summed E-state index contributed by atoms with van der Waals surface area (Å²) in [6.07, 6.45) is 1.31. The van der Waals surface area contributed by atoms with Crippen LogP contribution in [0.15, 0.2) is 66.2 Å². The number of methoxy groups -OCH3 is 1. The summed E-state index contributed by atoms with van der Waals surface area (Å²) in [6, 6.07) is 13.7. The van der Waals surface area contributed by atoms with E-state index in [2.05, 4.69) is 10.6 Å². The average Bonchev–Trinajstić information content (AvgIpc) is 2.89. The van der Waals surface area contributed by atoms with Crippen LogP contribution in [0.1, 0.15) is 11.1 Å². The number of amides is 5. The molecule has 0 radical (unpaired) electrons. The van der Waals surface area contributed by atoms with Crippen LogP contribution in [0.3, 0.4) is 0 Å². The molecule has 3 aromatic rings. The number of rotatable bonds is 7. The molecule has 5 amide bonds. The third kappa shape index (κ3) is 5.65. The van der Waals surface area contributed by atoms with E-state index in [-0.39, 0.29) is 29.4 Å². The Morgan fingerprint density at radius 1 is 1.08 bits per heavy atom. The van der Waals surface area contributed by atoms with Gasteiger partial charge in [-0.05, 0) is 72.7 Å². The number of imide groups is 2. The minimum absolute atomic E-state index is 0.231. The Kier molecular flexibility index (Phi) is 7.73. The van der Waals surface area contributed by atoms with Gasteiger partial charge in [0.05, 0.1) is 12.8 Å². The van der Waals surface area contributed by atoms with Crippen molar-refractivity contribution in [3.8, 4) is 11.5 Å². The summed E-state index contributed by atoms with van der Waals surface area (Å²) >= 11 is 6.15. The number of barbiturate groups is 1. The Labute approximate surface area is 221 Å². The number of benzene rings is 3. The normalized spacial score (nSPS) is 14.4. The summed E-state index contributed by atoms with van der Waals surface area (Å²) in [7, 11) is 1.39. The number of halogens is 2. The Balaban J connectivity index is 1.53. The van der Waals surface area contributed by atoms with Crippen molar-refractivity contribution in [3.63, 3.8) is 0 Å². The van der Waals surface area contributed by atoms with E-state index in [9.17, 15) is 23.6 Å². The molecule has 1 saturated heterocycles. The van der Waals surface area contributed by atoms with Crippen molar-refractivity contribution < 1.29 is 33.0 Å². The van der Waals surface area contributed by atoms with Crippen LogP contribution in [0.5, 0.6) is 11.5 Å². The zero-order valence-electron chi connectivity index (χ0n) is 20.2. The van der Waals surface area contributed by atoms with Crippen LogP contribution in [0, 0.1) is 12.7 Å². The van der Waals surface area contributed by atoms with Gasteiger partial charge in [-0.15, -0.1) is 0 Å². The van der Waals surface area contributed by atoms with E-state index in [1.807, 2.05) is 0 Å². The first-order chi connectivity index (χ1) is 18.2. The molecule has 0 saturated carbocycles. The third-order valence-electron chi connectivity index (χ3n) is 5.57. The number of nitrogens with zero attached hydrogens (tertiary/aromatic N) is 1. The molecule has 0 aromatic heterocycles. The van der Waals surface area contributed by atoms with Crippen LogP contribution in [0.4, 0.5) is 20.6 Å². The van der Waals surface area contributed by atoms with Gasteiger partial charge in [0.1, 0.15) is 11.4 Å². The van der Waals surface area contributed by atoms with Crippen LogP contribution in [-0.4, -0.2) is 37.5 Å². The highest BCUT2D eigenvalue weighted by Gasteiger charge is 2.37. The molecule has 0 unspecified atom stereocenters. The first kappa shape index (κ1) is 26.4. The fourth-order valence-electron chi connectivity index (χ4n) is 3.65. The lowest BCUT2D eigenvalue weighted by Gasteiger charge is -2.27. The molecule has 1 aliphatic rings. The van der Waals surface area contributed by atoms with Crippen LogP contribution in [0.2, 0.25) is 5.02 Å². The van der Waals surface area contributed by atoms with Gasteiger partial charge < -0.3 is 14.8 Å². The summed E-state index contributed by atoms with van der Waals surface area (Å²) < 4.78 is 23.9. The highest BCUT2D eigenvalue weighted by Crippen LogP contribution is 2.31. The number of hydrogen-bond acceptors (Lipinski definition) is 6. The van der Waals surface area contributed by atoms with Crippen molar-refractivity contribution in [1.82, 2.24) is 5.32 Å². The number of carbonyl (C=O) groups excluding carboxylic acids is 4. The zero-order valence-corrected chi connectivity index (χ0v) is 21.0. The van der Waals surface area contributed by atoms with Gasteiger partial charge in [0, 0.05) is 10.7 Å². The molecule has 9 nitrogen and oxygen atoms in total. The predicted octanol–water partition coefficient (Wildman–Crippen LogP) is 4.48. The molecule has 0 spiro atoms. The van der Waals surface area contributed by atoms with Crippen molar-refractivity contribution in [1.29, 1.82) is 0 Å². The predicted molar refractivity (Wildman–Crippen MR) is 139 cm³/mol. The number of hydrogen-bond donors (Lipinski definition) is 2. The topological polar surface area (TPSA) is 114 Å². The molecule has 11 heteroatoms. The summed E-state index contributed by atoms with van der Waals surface area (Å²) in [5.41, 5.74) is 1.28. The molecule has 194 valence electrons. The second-order valence-electron chi connectivity index (χ2n) is 8.10. The minimum Gasteiger partial charge on any atom is -0.493 e. The van der Waals surface area contributed by atoms with E-state index in [0.717, 1.165) is 4.90 Å². The summed E-state index contributed by atoms with van der Waals surface area (Å²) in [5.74, 6) is -2.11. The fourth-order valence-corrected chi connectivity index (χ4v) is 3.82. The third-order valence-corrected chi connectivity index (χ3v) is 5.98. The molecule has 2 N–H and O–H groups in total. The second-order valence-corrected chi connectivity index (χ2v) is 8.50. The van der Waals surface area contributed by atoms with Crippen molar-refractivity contribution in [3.05, 3.63) is 88.2 Å². The number of urea groups is 1. The summed E-state index contributed by atoms with van der Waals surface area (Å²) in [6.45, 7) is 1.30. The van der Waals surface area contributed by atoms with Crippen molar-refractivity contribution in [2.24, 2.45) is 0 Å². The molecule has 38 heavy (non-hydrogen) atoms. The van der Waals surface area contributed by atoms with Gasteiger partial charge in [0.15, 0.2) is 18.1 Å². The Morgan fingerprint density at radius 3 is 2.53 bits per heavy atom. The molecular weight excluding hydrogens is 517 g/mol. The van der Waals surface area contributed by atoms with Gasteiger partial charge in [-0.1, -0.05) is 23.7 Å². The molecule has 0 aliphatic carbocycles. The van der Waals surface area contributed by atoms with Crippen LogP contribution < -0.4 is 25.0 Å². The van der Waals surface area contributed by atoms with Gasteiger partial charge in [-0.25, -0.2) is 14.1 Å². The van der Waals surface area contributed by atoms with E-state index >= 15 is 0 Å². The SMILES string of the molecule is COc1cc(/C=C2/C(=O)NC(=O)N(c3cccc(Cl)c3C)C2=O)ccc1OCC(=O)Nc1ccc(F)cc1. The van der Waals surface area contributed by atoms with Crippen LogP contribution in [0.25, 0.3) is 6.08 Å². The Bertz CT molecular complexity index is 1470. The lowest BCUT2D eigenvalue weighted by Crippen LogP contribution is -2.54. The van der Waals surface area contributed by atoms with E-state index in [4.69, 9.17) is 21.1 Å². The van der Waals surface area contributed by atoms with E-state index in [0.29, 0.717) is 21.8 Å². The quantitative estimate of drug-likeness (QED) is 0.339. The van der Waals surface area contributed by atoms with Gasteiger partial charge >= 0.3 is 6.03 Å². The standard InChI is InChI=1S/C27H21ClFN3O6/c1-15-20(28)4-3-5-21(15)32-26(35)19(25(34)31-27(32)36)12-16-6-11-22(23(13-16)37-2)38-14-24(33)30-18-9-7-17(29)8-10-18/h3-13H,14H2,1-2H3,(H,30,33)(H,31,34,36)/b19-12-. The maximum absolute atomic E-state index is 13.2. The summed E-state index contributed by atoms with van der Waals surface area (Å²) in [5, 5.41) is 5.10. The number of carbonyl (C=O) groups is 4. The maximum Gasteiger partial charge on any atom is 0.335 e. The highest BCUT2D eigenvalue weighted by atomic mass is 35.5. The molecule has 0 bridgehead atoms. The van der Waals surface area contributed by atoms with Crippen LogP contribution >= 0.6 is 11.6 Å². The highest BCUT2D eigenvalue weighted by molar-refractivity contribution is 6.40. The van der Waals surface area contributed by atoms with Gasteiger partial charge in [0.2, 0.25) is 0 Å². The number of anilines is 2. The zero-order chi connectivity index (χ0) is 27.4. The smallest absolute Gasteiger partial charge is 0.335 e. The van der Waals surface area contributed by atoms with Gasteiger partial charge in [-0.3, -0.25) is 19.7 Å². The van der Waals surface area contributed by atoms with Gasteiger partial charge in [0.25, 0.3) is 17.7 Å². The van der Waals surface area contributed by atoms with Crippen LogP contribution in [-0.2, 0) is 14.4 Å². The second kappa shape index (κ2) is 11.1. The van der Waals surface area contributed by atoms with Crippen molar-refractivity contribution in [2.75, 3.05) is 23.9 Å². The van der Waals surface area contributed by atoms with E-state index in [1.165, 1.54) is 49.6 Å². The summed E-state index contributed by atoms with van der Waals surface area (Å²) in [4.78, 5) is 51.3. The largest absolute Gasteiger partial charge is 0.493 e. The first-order valence-corrected chi connectivity index (χ1v) is 11.6. The number of ether oxygens (including phenoxy) is 2.